The third-order valence-electron chi connectivity index (χ3n) is 2.27. The van der Waals surface area contributed by atoms with E-state index in [2.05, 4.69) is 4.74 Å². The van der Waals surface area contributed by atoms with Gasteiger partial charge in [0.1, 0.15) is 11.3 Å². The van der Waals surface area contributed by atoms with E-state index < -0.39 is 5.97 Å². The van der Waals surface area contributed by atoms with Gasteiger partial charge in [0.25, 0.3) is 0 Å². The van der Waals surface area contributed by atoms with Crippen LogP contribution >= 0.6 is 0 Å². The van der Waals surface area contributed by atoms with Crippen LogP contribution in [0.4, 0.5) is 5.69 Å². The Morgan fingerprint density at radius 1 is 1.06 bits per heavy atom. The van der Waals surface area contributed by atoms with E-state index in [1.165, 1.54) is 34.5 Å². The standard InChI is InChI=1S/C11H15NO5/c1-14-7-5-6(11(13)17-4)9(15-2)8(12)10(7)16-3/h5H,12H2,1-4H3. The maximum absolute atomic E-state index is 11.6. The maximum atomic E-state index is 11.6. The molecule has 0 aliphatic rings. The first-order valence-electron chi connectivity index (χ1n) is 4.77. The average molecular weight is 241 g/mol. The van der Waals surface area contributed by atoms with Crippen LogP contribution in [-0.2, 0) is 4.74 Å². The highest BCUT2D eigenvalue weighted by atomic mass is 16.5. The molecule has 94 valence electrons. The molecule has 0 heterocycles. The van der Waals surface area contributed by atoms with Crippen LogP contribution in [0.3, 0.4) is 0 Å². The number of nitrogens with two attached hydrogens (primary N) is 1. The molecule has 1 aromatic rings. The van der Waals surface area contributed by atoms with E-state index in [0.717, 1.165) is 0 Å². The molecule has 0 saturated carbocycles. The Balaban J connectivity index is 3.50. The van der Waals surface area contributed by atoms with Crippen LogP contribution < -0.4 is 19.9 Å². The van der Waals surface area contributed by atoms with Gasteiger partial charge in [-0.3, -0.25) is 0 Å². The summed E-state index contributed by atoms with van der Waals surface area (Å²) in [4.78, 5) is 11.6. The van der Waals surface area contributed by atoms with Crippen molar-refractivity contribution in [3.63, 3.8) is 0 Å². The molecule has 0 aliphatic carbocycles. The molecule has 0 bridgehead atoms. The van der Waals surface area contributed by atoms with Crippen LogP contribution in [0.5, 0.6) is 17.2 Å². The minimum absolute atomic E-state index is 0.185. The van der Waals surface area contributed by atoms with E-state index >= 15 is 0 Å². The molecule has 2 N–H and O–H groups in total. The zero-order chi connectivity index (χ0) is 13.0. The van der Waals surface area contributed by atoms with E-state index in [1.54, 1.807) is 0 Å². The molecule has 0 aromatic heterocycles. The molecule has 17 heavy (non-hydrogen) atoms. The molecule has 0 amide bonds. The predicted octanol–water partition coefficient (Wildman–Crippen LogP) is 1.08. The van der Waals surface area contributed by atoms with Gasteiger partial charge in [-0.05, 0) is 0 Å². The smallest absolute Gasteiger partial charge is 0.341 e. The van der Waals surface area contributed by atoms with Crippen LogP contribution in [0, 0.1) is 0 Å². The van der Waals surface area contributed by atoms with E-state index in [9.17, 15) is 4.79 Å². The largest absolute Gasteiger partial charge is 0.494 e. The number of nitrogen functional groups attached to an aromatic ring is 1. The molecule has 0 atom stereocenters. The Hall–Kier alpha value is -2.11. The van der Waals surface area contributed by atoms with Gasteiger partial charge in [0, 0.05) is 6.07 Å². The van der Waals surface area contributed by atoms with Crippen molar-refractivity contribution in [2.75, 3.05) is 34.2 Å². The highest BCUT2D eigenvalue weighted by Crippen LogP contribution is 2.42. The minimum Gasteiger partial charge on any atom is -0.494 e. The van der Waals surface area contributed by atoms with Crippen molar-refractivity contribution in [3.05, 3.63) is 11.6 Å². The SMILES string of the molecule is COC(=O)c1cc(OC)c(OC)c(N)c1OC. The number of ether oxygens (including phenoxy) is 4. The number of carbonyl (C=O) groups is 1. The van der Waals surface area contributed by atoms with Crippen molar-refractivity contribution in [2.24, 2.45) is 0 Å². The molecule has 0 unspecified atom stereocenters. The molecule has 1 rings (SSSR count). The van der Waals surface area contributed by atoms with Crippen LogP contribution in [0.25, 0.3) is 0 Å². The van der Waals surface area contributed by atoms with Gasteiger partial charge in [0.15, 0.2) is 17.2 Å². The molecule has 6 nitrogen and oxygen atoms in total. The zero-order valence-electron chi connectivity index (χ0n) is 10.2. The fraction of sp³-hybridized carbons (Fsp3) is 0.364. The first-order valence-corrected chi connectivity index (χ1v) is 4.77. The second-order valence-electron chi connectivity index (χ2n) is 3.10. The Morgan fingerprint density at radius 2 is 1.65 bits per heavy atom. The van der Waals surface area contributed by atoms with Crippen molar-refractivity contribution in [2.45, 2.75) is 0 Å². The normalized spacial score (nSPS) is 9.65. The number of anilines is 1. The number of carbonyl (C=O) groups excluding carboxylic acids is 1. The highest BCUT2D eigenvalue weighted by Gasteiger charge is 2.22. The maximum Gasteiger partial charge on any atom is 0.341 e. The summed E-state index contributed by atoms with van der Waals surface area (Å²) in [7, 11) is 5.58. The summed E-state index contributed by atoms with van der Waals surface area (Å²) in [6, 6.07) is 1.46. The van der Waals surface area contributed by atoms with Gasteiger partial charge in [-0.25, -0.2) is 4.79 Å². The second kappa shape index (κ2) is 5.29. The Bertz CT molecular complexity index is 430. The fourth-order valence-electron chi connectivity index (χ4n) is 1.49. The lowest BCUT2D eigenvalue weighted by molar-refractivity contribution is 0.0596. The summed E-state index contributed by atoms with van der Waals surface area (Å²) in [5.41, 5.74) is 6.21. The molecule has 0 radical (unpaired) electrons. The molecule has 0 saturated heterocycles. The Kier molecular flexibility index (Phi) is 4.03. The second-order valence-corrected chi connectivity index (χ2v) is 3.10. The number of methoxy groups -OCH3 is 4. The summed E-state index contributed by atoms with van der Waals surface area (Å²) >= 11 is 0. The number of rotatable bonds is 4. The number of hydrogen-bond acceptors (Lipinski definition) is 6. The summed E-state index contributed by atoms with van der Waals surface area (Å²) < 4.78 is 19.9. The van der Waals surface area contributed by atoms with Crippen molar-refractivity contribution in [3.8, 4) is 17.2 Å². The lowest BCUT2D eigenvalue weighted by Gasteiger charge is -2.16. The van der Waals surface area contributed by atoms with Crippen LogP contribution in [0.2, 0.25) is 0 Å². The number of hydrogen-bond donors (Lipinski definition) is 1. The van der Waals surface area contributed by atoms with Gasteiger partial charge in [0.2, 0.25) is 0 Å². The monoisotopic (exact) mass is 241 g/mol. The molecule has 1 aromatic carbocycles. The van der Waals surface area contributed by atoms with Gasteiger partial charge < -0.3 is 24.7 Å². The molecule has 0 aliphatic heterocycles. The van der Waals surface area contributed by atoms with Gasteiger partial charge in [-0.1, -0.05) is 0 Å². The van der Waals surface area contributed by atoms with E-state index in [1.807, 2.05) is 0 Å². The quantitative estimate of drug-likeness (QED) is 0.627. The summed E-state index contributed by atoms with van der Waals surface area (Å²) in [6.07, 6.45) is 0. The average Bonchev–Trinajstić information content (AvgIpc) is 2.36. The van der Waals surface area contributed by atoms with Crippen molar-refractivity contribution < 1.29 is 23.7 Å². The fourth-order valence-corrected chi connectivity index (χ4v) is 1.49. The van der Waals surface area contributed by atoms with Crippen molar-refractivity contribution >= 4 is 11.7 Å². The molecular formula is C11H15NO5. The van der Waals surface area contributed by atoms with Gasteiger partial charge in [-0.15, -0.1) is 0 Å². The molecule has 0 fully saturated rings. The zero-order valence-corrected chi connectivity index (χ0v) is 10.2. The van der Waals surface area contributed by atoms with Gasteiger partial charge >= 0.3 is 5.97 Å². The van der Waals surface area contributed by atoms with Crippen molar-refractivity contribution in [1.29, 1.82) is 0 Å². The highest BCUT2D eigenvalue weighted by molar-refractivity contribution is 5.96. The van der Waals surface area contributed by atoms with Crippen LogP contribution in [0.1, 0.15) is 10.4 Å². The predicted molar refractivity (Wildman–Crippen MR) is 61.8 cm³/mol. The third kappa shape index (κ3) is 2.20. The molecule has 6 heteroatoms. The third-order valence-corrected chi connectivity index (χ3v) is 2.27. The number of esters is 1. The lowest BCUT2D eigenvalue weighted by atomic mass is 10.1. The van der Waals surface area contributed by atoms with E-state index in [4.69, 9.17) is 19.9 Å². The van der Waals surface area contributed by atoms with E-state index in [-0.39, 0.29) is 17.0 Å². The summed E-state index contributed by atoms with van der Waals surface area (Å²) in [5.74, 6) is 0.298. The number of benzene rings is 1. The van der Waals surface area contributed by atoms with Crippen molar-refractivity contribution in [1.82, 2.24) is 0 Å². The van der Waals surface area contributed by atoms with Gasteiger partial charge in [-0.2, -0.15) is 0 Å². The van der Waals surface area contributed by atoms with E-state index in [0.29, 0.717) is 11.5 Å². The van der Waals surface area contributed by atoms with Crippen LogP contribution in [-0.4, -0.2) is 34.4 Å². The molecule has 0 spiro atoms. The summed E-state index contributed by atoms with van der Waals surface area (Å²) in [5, 5.41) is 0. The molecular weight excluding hydrogens is 226 g/mol. The first kappa shape index (κ1) is 13.0. The van der Waals surface area contributed by atoms with Crippen LogP contribution in [0.15, 0.2) is 6.07 Å². The minimum atomic E-state index is -0.561. The first-order chi connectivity index (χ1) is 8.10. The Morgan fingerprint density at radius 3 is 2.06 bits per heavy atom. The lowest BCUT2D eigenvalue weighted by Crippen LogP contribution is -2.08. The Labute approximate surface area is 99.2 Å². The topological polar surface area (TPSA) is 80.0 Å². The van der Waals surface area contributed by atoms with Gasteiger partial charge in [0.05, 0.1) is 28.4 Å². The summed E-state index contributed by atoms with van der Waals surface area (Å²) in [6.45, 7) is 0.